The minimum atomic E-state index is -0.0973. The number of halogens is 1. The lowest BCUT2D eigenvalue weighted by Crippen LogP contribution is -2.14. The molecule has 2 aromatic rings. The summed E-state index contributed by atoms with van der Waals surface area (Å²) in [6, 6.07) is 11.0. The Labute approximate surface area is 123 Å². The highest BCUT2D eigenvalue weighted by Gasteiger charge is 2.07. The Balaban J connectivity index is 2.07. The number of rotatable bonds is 3. The van der Waals surface area contributed by atoms with Crippen molar-refractivity contribution in [2.45, 2.75) is 20.3 Å². The minimum absolute atomic E-state index is 0.0973. The van der Waals surface area contributed by atoms with E-state index >= 15 is 0 Å². The number of carbonyl (C=O) groups is 1. The summed E-state index contributed by atoms with van der Waals surface area (Å²) in [6.07, 6.45) is 0.321. The summed E-state index contributed by atoms with van der Waals surface area (Å²) >= 11 is 6.03. The molecule has 0 atom stereocenters. The van der Waals surface area contributed by atoms with Crippen LogP contribution in [0.3, 0.4) is 0 Å². The van der Waals surface area contributed by atoms with Crippen LogP contribution in [0.4, 0.5) is 11.4 Å². The third kappa shape index (κ3) is 3.52. The molecule has 1 amide bonds. The predicted octanol–water partition coefficient (Wildman–Crippen LogP) is 3.72. The number of amides is 1. The summed E-state index contributed by atoms with van der Waals surface area (Å²) in [4.78, 5) is 12.0. The van der Waals surface area contributed by atoms with Crippen molar-refractivity contribution in [1.29, 1.82) is 0 Å². The number of anilines is 2. The Hall–Kier alpha value is -2.00. The molecule has 0 aromatic heterocycles. The average Bonchev–Trinajstić information content (AvgIpc) is 2.37. The van der Waals surface area contributed by atoms with Crippen LogP contribution in [0.2, 0.25) is 5.02 Å². The van der Waals surface area contributed by atoms with E-state index < -0.39 is 0 Å². The van der Waals surface area contributed by atoms with Gasteiger partial charge < -0.3 is 11.1 Å². The average molecular weight is 289 g/mol. The third-order valence-corrected chi connectivity index (χ3v) is 3.52. The van der Waals surface area contributed by atoms with Crippen LogP contribution in [0.5, 0.6) is 0 Å². The maximum atomic E-state index is 12.0. The van der Waals surface area contributed by atoms with Gasteiger partial charge in [-0.05, 0) is 48.7 Å². The maximum absolute atomic E-state index is 12.0. The Kier molecular flexibility index (Phi) is 4.30. The van der Waals surface area contributed by atoms with E-state index in [1.807, 2.05) is 32.0 Å². The van der Waals surface area contributed by atoms with Crippen LogP contribution in [0.1, 0.15) is 16.7 Å². The Morgan fingerprint density at radius 3 is 2.55 bits per heavy atom. The van der Waals surface area contributed by atoms with Gasteiger partial charge in [0.05, 0.1) is 17.1 Å². The van der Waals surface area contributed by atoms with E-state index in [1.54, 1.807) is 18.2 Å². The lowest BCUT2D eigenvalue weighted by Gasteiger charge is -2.09. The van der Waals surface area contributed by atoms with E-state index in [9.17, 15) is 4.79 Å². The van der Waals surface area contributed by atoms with Gasteiger partial charge in [0, 0.05) is 5.69 Å². The molecule has 0 spiro atoms. The molecule has 0 fully saturated rings. The zero-order valence-corrected chi connectivity index (χ0v) is 12.3. The van der Waals surface area contributed by atoms with E-state index in [1.165, 1.54) is 11.1 Å². The summed E-state index contributed by atoms with van der Waals surface area (Å²) in [5.74, 6) is -0.0973. The topological polar surface area (TPSA) is 55.1 Å². The number of carbonyl (C=O) groups excluding carboxylic acids is 1. The molecule has 0 saturated carbocycles. The second-order valence-electron chi connectivity index (χ2n) is 4.88. The van der Waals surface area contributed by atoms with Crippen molar-refractivity contribution in [1.82, 2.24) is 0 Å². The molecule has 20 heavy (non-hydrogen) atoms. The second kappa shape index (κ2) is 5.97. The molecule has 0 aliphatic rings. The van der Waals surface area contributed by atoms with E-state index in [0.29, 0.717) is 22.8 Å². The minimum Gasteiger partial charge on any atom is -0.399 e. The number of nitrogens with one attached hydrogen (secondary N) is 1. The van der Waals surface area contributed by atoms with Crippen LogP contribution >= 0.6 is 11.6 Å². The van der Waals surface area contributed by atoms with Crippen LogP contribution < -0.4 is 11.1 Å². The molecule has 3 nitrogen and oxygen atoms in total. The van der Waals surface area contributed by atoms with Crippen molar-refractivity contribution >= 4 is 28.9 Å². The van der Waals surface area contributed by atoms with Gasteiger partial charge >= 0.3 is 0 Å². The highest BCUT2D eigenvalue weighted by molar-refractivity contribution is 6.34. The summed E-state index contributed by atoms with van der Waals surface area (Å²) in [6.45, 7) is 4.08. The second-order valence-corrected chi connectivity index (χ2v) is 5.29. The fourth-order valence-corrected chi connectivity index (χ4v) is 2.16. The van der Waals surface area contributed by atoms with Crippen molar-refractivity contribution in [3.63, 3.8) is 0 Å². The summed E-state index contributed by atoms with van der Waals surface area (Å²) in [5.41, 5.74) is 10.1. The SMILES string of the molecule is Cc1ccc(CC(=O)Nc2ccc(N)cc2Cl)cc1C. The monoisotopic (exact) mass is 288 g/mol. The van der Waals surface area contributed by atoms with E-state index in [2.05, 4.69) is 5.32 Å². The number of benzene rings is 2. The quantitative estimate of drug-likeness (QED) is 0.846. The van der Waals surface area contributed by atoms with Crippen molar-refractivity contribution in [2.75, 3.05) is 11.1 Å². The van der Waals surface area contributed by atoms with Crippen LogP contribution in [0.25, 0.3) is 0 Å². The summed E-state index contributed by atoms with van der Waals surface area (Å²) in [5, 5.41) is 3.24. The van der Waals surface area contributed by atoms with Gasteiger partial charge in [-0.25, -0.2) is 0 Å². The molecule has 0 aliphatic carbocycles. The van der Waals surface area contributed by atoms with E-state index in [4.69, 9.17) is 17.3 Å². The van der Waals surface area contributed by atoms with Gasteiger partial charge in [-0.3, -0.25) is 4.79 Å². The van der Waals surface area contributed by atoms with Crippen LogP contribution in [-0.2, 0) is 11.2 Å². The molecule has 2 aromatic carbocycles. The molecule has 0 bridgehead atoms. The number of hydrogen-bond donors (Lipinski definition) is 2. The Morgan fingerprint density at radius 2 is 1.90 bits per heavy atom. The van der Waals surface area contributed by atoms with Gasteiger partial charge in [0.1, 0.15) is 0 Å². The van der Waals surface area contributed by atoms with Crippen molar-refractivity contribution in [3.05, 3.63) is 58.1 Å². The van der Waals surface area contributed by atoms with Gasteiger partial charge in [-0.15, -0.1) is 0 Å². The van der Waals surface area contributed by atoms with Gasteiger partial charge in [-0.1, -0.05) is 29.8 Å². The number of aryl methyl sites for hydroxylation is 2. The van der Waals surface area contributed by atoms with E-state index in [0.717, 1.165) is 5.56 Å². The van der Waals surface area contributed by atoms with Gasteiger partial charge in [0.15, 0.2) is 0 Å². The van der Waals surface area contributed by atoms with Crippen molar-refractivity contribution in [2.24, 2.45) is 0 Å². The zero-order chi connectivity index (χ0) is 14.7. The Bertz CT molecular complexity index is 653. The normalized spacial score (nSPS) is 10.3. The van der Waals surface area contributed by atoms with Gasteiger partial charge in [0.2, 0.25) is 5.91 Å². The third-order valence-electron chi connectivity index (χ3n) is 3.20. The van der Waals surface area contributed by atoms with Crippen LogP contribution in [0.15, 0.2) is 36.4 Å². The summed E-state index contributed by atoms with van der Waals surface area (Å²) < 4.78 is 0. The first-order chi connectivity index (χ1) is 9.45. The van der Waals surface area contributed by atoms with Crippen molar-refractivity contribution < 1.29 is 4.79 Å². The molecular weight excluding hydrogens is 272 g/mol. The largest absolute Gasteiger partial charge is 0.399 e. The molecule has 0 radical (unpaired) electrons. The van der Waals surface area contributed by atoms with E-state index in [-0.39, 0.29) is 5.91 Å². The Morgan fingerprint density at radius 1 is 1.15 bits per heavy atom. The fourth-order valence-electron chi connectivity index (χ4n) is 1.93. The standard InChI is InChI=1S/C16H17ClN2O/c1-10-3-4-12(7-11(10)2)8-16(20)19-15-6-5-13(18)9-14(15)17/h3-7,9H,8,18H2,1-2H3,(H,19,20). The first-order valence-electron chi connectivity index (χ1n) is 6.36. The molecule has 4 heteroatoms. The molecule has 2 rings (SSSR count). The molecule has 3 N–H and O–H groups in total. The van der Waals surface area contributed by atoms with Gasteiger partial charge in [0.25, 0.3) is 0 Å². The molecule has 104 valence electrons. The number of nitrogens with two attached hydrogens (primary N) is 1. The number of hydrogen-bond acceptors (Lipinski definition) is 2. The molecular formula is C16H17ClN2O. The first kappa shape index (κ1) is 14.4. The molecule has 0 unspecified atom stereocenters. The molecule has 0 aliphatic heterocycles. The van der Waals surface area contributed by atoms with Crippen LogP contribution in [-0.4, -0.2) is 5.91 Å². The first-order valence-corrected chi connectivity index (χ1v) is 6.74. The highest BCUT2D eigenvalue weighted by Crippen LogP contribution is 2.24. The fraction of sp³-hybridized carbons (Fsp3) is 0.188. The summed E-state index contributed by atoms with van der Waals surface area (Å²) in [7, 11) is 0. The van der Waals surface area contributed by atoms with Crippen LogP contribution in [0, 0.1) is 13.8 Å². The van der Waals surface area contributed by atoms with Crippen molar-refractivity contribution in [3.8, 4) is 0 Å². The number of nitrogen functional groups attached to an aromatic ring is 1. The zero-order valence-electron chi connectivity index (χ0n) is 11.5. The smallest absolute Gasteiger partial charge is 0.228 e. The molecule has 0 heterocycles. The molecule has 0 saturated heterocycles. The predicted molar refractivity (Wildman–Crippen MR) is 84.1 cm³/mol. The highest BCUT2D eigenvalue weighted by atomic mass is 35.5. The lowest BCUT2D eigenvalue weighted by molar-refractivity contribution is -0.115. The lowest BCUT2D eigenvalue weighted by atomic mass is 10.0. The van der Waals surface area contributed by atoms with Gasteiger partial charge in [-0.2, -0.15) is 0 Å². The maximum Gasteiger partial charge on any atom is 0.228 e.